The summed E-state index contributed by atoms with van der Waals surface area (Å²) in [5, 5.41) is 12.6. The summed E-state index contributed by atoms with van der Waals surface area (Å²) in [5.41, 5.74) is 1.84. The maximum Gasteiger partial charge on any atom is 0.263 e. The fourth-order valence-corrected chi connectivity index (χ4v) is 2.08. The number of benzene rings is 1. The van der Waals surface area contributed by atoms with E-state index in [0.29, 0.717) is 23.5 Å². The van der Waals surface area contributed by atoms with Crippen LogP contribution in [0.3, 0.4) is 0 Å². The minimum absolute atomic E-state index is 0.124. The predicted octanol–water partition coefficient (Wildman–Crippen LogP) is 1.22. The molecule has 2 heterocycles. The molecule has 0 aliphatic rings. The van der Waals surface area contributed by atoms with Gasteiger partial charge in [-0.2, -0.15) is 10.1 Å². The Balaban J connectivity index is 1.76. The van der Waals surface area contributed by atoms with Crippen molar-refractivity contribution in [2.75, 3.05) is 10.6 Å². The van der Waals surface area contributed by atoms with Gasteiger partial charge in [-0.05, 0) is 17.7 Å². The van der Waals surface area contributed by atoms with E-state index in [9.17, 15) is 9.59 Å². The van der Waals surface area contributed by atoms with Crippen LogP contribution in [0.1, 0.15) is 12.5 Å². The summed E-state index contributed by atoms with van der Waals surface area (Å²) in [5.74, 6) is 0.229. The first kappa shape index (κ1) is 13.8. The van der Waals surface area contributed by atoms with Gasteiger partial charge in [-0.25, -0.2) is 0 Å². The first-order chi connectivity index (χ1) is 10.6. The second kappa shape index (κ2) is 5.68. The lowest BCUT2D eigenvalue weighted by molar-refractivity contribution is -0.114. The average molecular weight is 298 g/mol. The summed E-state index contributed by atoms with van der Waals surface area (Å²) in [4.78, 5) is 29.7. The highest BCUT2D eigenvalue weighted by Crippen LogP contribution is 2.12. The number of nitrogens with zero attached hydrogens (tertiary/aromatic N) is 2. The van der Waals surface area contributed by atoms with E-state index in [1.165, 1.54) is 13.1 Å². The molecule has 8 nitrogen and oxygen atoms in total. The predicted molar refractivity (Wildman–Crippen MR) is 82.6 cm³/mol. The molecule has 0 bridgehead atoms. The Bertz CT molecular complexity index is 882. The maximum atomic E-state index is 11.8. The number of aromatic amines is 2. The van der Waals surface area contributed by atoms with Crippen LogP contribution < -0.4 is 16.2 Å². The van der Waals surface area contributed by atoms with Crippen LogP contribution in [0.4, 0.5) is 11.6 Å². The van der Waals surface area contributed by atoms with Gasteiger partial charge in [0.15, 0.2) is 5.65 Å². The largest absolute Gasteiger partial charge is 0.352 e. The first-order valence-electron chi connectivity index (χ1n) is 6.65. The van der Waals surface area contributed by atoms with Crippen molar-refractivity contribution in [3.63, 3.8) is 0 Å². The molecule has 0 unspecified atom stereocenters. The molecule has 0 aliphatic carbocycles. The Morgan fingerprint density at radius 2 is 2.23 bits per heavy atom. The van der Waals surface area contributed by atoms with Crippen molar-refractivity contribution in [3.05, 3.63) is 46.4 Å². The lowest BCUT2D eigenvalue weighted by atomic mass is 10.2. The molecular weight excluding hydrogens is 284 g/mol. The van der Waals surface area contributed by atoms with Crippen molar-refractivity contribution in [1.29, 1.82) is 0 Å². The van der Waals surface area contributed by atoms with Crippen molar-refractivity contribution >= 4 is 28.6 Å². The number of carbonyl (C=O) groups excluding carboxylic acids is 1. The third-order valence-electron chi connectivity index (χ3n) is 3.03. The van der Waals surface area contributed by atoms with Crippen LogP contribution in [-0.2, 0) is 11.3 Å². The van der Waals surface area contributed by atoms with E-state index in [4.69, 9.17) is 0 Å². The van der Waals surface area contributed by atoms with Gasteiger partial charge in [-0.3, -0.25) is 19.7 Å². The van der Waals surface area contributed by atoms with Gasteiger partial charge in [0.2, 0.25) is 11.9 Å². The van der Waals surface area contributed by atoms with Crippen LogP contribution in [0.5, 0.6) is 0 Å². The summed E-state index contributed by atoms with van der Waals surface area (Å²) < 4.78 is 0. The molecule has 1 amide bonds. The van der Waals surface area contributed by atoms with Crippen molar-refractivity contribution in [3.8, 4) is 0 Å². The van der Waals surface area contributed by atoms with Crippen LogP contribution >= 0.6 is 0 Å². The third kappa shape index (κ3) is 2.95. The number of nitrogens with one attached hydrogen (secondary N) is 4. The van der Waals surface area contributed by atoms with E-state index in [2.05, 4.69) is 30.8 Å². The molecule has 0 saturated heterocycles. The maximum absolute atomic E-state index is 11.8. The number of rotatable bonds is 4. The van der Waals surface area contributed by atoms with Gasteiger partial charge in [0.05, 0.1) is 6.20 Å². The number of amides is 1. The number of carbonyl (C=O) groups is 1. The van der Waals surface area contributed by atoms with Crippen LogP contribution in [0, 0.1) is 0 Å². The summed E-state index contributed by atoms with van der Waals surface area (Å²) in [6, 6.07) is 7.41. The lowest BCUT2D eigenvalue weighted by Crippen LogP contribution is -2.13. The molecule has 112 valence electrons. The highest BCUT2D eigenvalue weighted by Gasteiger charge is 2.05. The van der Waals surface area contributed by atoms with Crippen molar-refractivity contribution in [2.45, 2.75) is 13.5 Å². The molecule has 0 saturated carbocycles. The average Bonchev–Trinajstić information content (AvgIpc) is 2.94. The zero-order chi connectivity index (χ0) is 15.5. The minimum atomic E-state index is -0.256. The van der Waals surface area contributed by atoms with Crippen molar-refractivity contribution in [2.24, 2.45) is 0 Å². The molecule has 2 aromatic heterocycles. The van der Waals surface area contributed by atoms with Crippen LogP contribution in [0.15, 0.2) is 35.3 Å². The Labute approximate surface area is 125 Å². The molecule has 3 aromatic rings. The summed E-state index contributed by atoms with van der Waals surface area (Å²) in [6.07, 6.45) is 1.43. The van der Waals surface area contributed by atoms with Gasteiger partial charge >= 0.3 is 0 Å². The zero-order valence-corrected chi connectivity index (χ0v) is 11.8. The SMILES string of the molecule is CC(=O)Nc1cccc(CNc2nc3[nH]ncc3c(=O)[nH]2)c1. The summed E-state index contributed by atoms with van der Waals surface area (Å²) in [7, 11) is 0. The standard InChI is InChI=1S/C14H14N6O2/c1-8(21)17-10-4-2-3-9(5-10)6-15-14-18-12-11(7-16-20-12)13(22)19-14/h2-5,7H,6H2,1H3,(H,17,21)(H3,15,16,18,19,20,22). The van der Waals surface area contributed by atoms with E-state index in [-0.39, 0.29) is 11.5 Å². The highest BCUT2D eigenvalue weighted by atomic mass is 16.1. The fourth-order valence-electron chi connectivity index (χ4n) is 2.08. The number of aromatic nitrogens is 4. The smallest absolute Gasteiger partial charge is 0.263 e. The monoisotopic (exact) mass is 298 g/mol. The van der Waals surface area contributed by atoms with Gasteiger partial charge in [0, 0.05) is 19.2 Å². The summed E-state index contributed by atoms with van der Waals surface area (Å²) in [6.45, 7) is 1.91. The molecule has 0 fully saturated rings. The third-order valence-corrected chi connectivity index (χ3v) is 3.03. The molecule has 22 heavy (non-hydrogen) atoms. The van der Waals surface area contributed by atoms with E-state index >= 15 is 0 Å². The Hall–Kier alpha value is -3.16. The second-order valence-electron chi connectivity index (χ2n) is 4.78. The molecule has 3 rings (SSSR count). The van der Waals surface area contributed by atoms with Gasteiger partial charge < -0.3 is 10.6 Å². The van der Waals surface area contributed by atoms with E-state index in [1.807, 2.05) is 24.3 Å². The minimum Gasteiger partial charge on any atom is -0.352 e. The molecule has 0 aliphatic heterocycles. The van der Waals surface area contributed by atoms with Crippen molar-refractivity contribution < 1.29 is 4.79 Å². The first-order valence-corrected chi connectivity index (χ1v) is 6.65. The van der Waals surface area contributed by atoms with Crippen molar-refractivity contribution in [1.82, 2.24) is 20.2 Å². The second-order valence-corrected chi connectivity index (χ2v) is 4.78. The van der Waals surface area contributed by atoms with Gasteiger partial charge in [0.1, 0.15) is 5.39 Å². The van der Waals surface area contributed by atoms with E-state index in [0.717, 1.165) is 11.3 Å². The molecular formula is C14H14N6O2. The van der Waals surface area contributed by atoms with E-state index in [1.54, 1.807) is 0 Å². The topological polar surface area (TPSA) is 116 Å². The Morgan fingerprint density at radius 3 is 3.05 bits per heavy atom. The molecule has 0 spiro atoms. The zero-order valence-electron chi connectivity index (χ0n) is 11.8. The Kier molecular flexibility index (Phi) is 3.57. The highest BCUT2D eigenvalue weighted by molar-refractivity contribution is 5.88. The molecule has 0 atom stereocenters. The molecule has 4 N–H and O–H groups in total. The lowest BCUT2D eigenvalue weighted by Gasteiger charge is -2.07. The molecule has 8 heteroatoms. The van der Waals surface area contributed by atoms with Crippen LogP contribution in [0.25, 0.3) is 11.0 Å². The van der Waals surface area contributed by atoms with E-state index < -0.39 is 0 Å². The number of hydrogen-bond acceptors (Lipinski definition) is 5. The fraction of sp³-hybridized carbons (Fsp3) is 0.143. The number of fused-ring (bicyclic) bond motifs is 1. The Morgan fingerprint density at radius 1 is 1.36 bits per heavy atom. The molecule has 0 radical (unpaired) electrons. The van der Waals surface area contributed by atoms with Crippen LogP contribution in [0.2, 0.25) is 0 Å². The van der Waals surface area contributed by atoms with Gasteiger partial charge in [-0.1, -0.05) is 12.1 Å². The molecule has 1 aromatic carbocycles. The normalized spacial score (nSPS) is 10.6. The van der Waals surface area contributed by atoms with Gasteiger partial charge in [-0.15, -0.1) is 0 Å². The quantitative estimate of drug-likeness (QED) is 0.578. The summed E-state index contributed by atoms with van der Waals surface area (Å²) >= 11 is 0. The van der Waals surface area contributed by atoms with Gasteiger partial charge in [0.25, 0.3) is 5.56 Å². The number of hydrogen-bond donors (Lipinski definition) is 4. The van der Waals surface area contributed by atoms with Crippen LogP contribution in [-0.4, -0.2) is 26.1 Å². The number of H-pyrrole nitrogens is 2. The number of anilines is 2.